The van der Waals surface area contributed by atoms with Crippen LogP contribution in [0.15, 0.2) is 18.2 Å². The van der Waals surface area contributed by atoms with E-state index in [-0.39, 0.29) is 11.4 Å². The Balaban J connectivity index is 2.48. The van der Waals surface area contributed by atoms with Crippen molar-refractivity contribution >= 4 is 5.97 Å². The van der Waals surface area contributed by atoms with Gasteiger partial charge in [-0.15, -0.1) is 5.10 Å². The molecule has 1 aromatic carbocycles. The molecule has 2 rings (SSSR count). The number of aromatic nitrogens is 2. The van der Waals surface area contributed by atoms with Crippen molar-refractivity contribution in [1.29, 1.82) is 0 Å². The molecular formula is C15H16N2O3. The monoisotopic (exact) mass is 272 g/mol. The zero-order valence-electron chi connectivity index (χ0n) is 11.9. The molecule has 0 spiro atoms. The van der Waals surface area contributed by atoms with E-state index in [1.54, 1.807) is 13.8 Å². The molecule has 0 fully saturated rings. The van der Waals surface area contributed by atoms with Crippen molar-refractivity contribution in [2.75, 3.05) is 0 Å². The average Bonchev–Trinajstić information content (AvgIpc) is 2.32. The van der Waals surface area contributed by atoms with Crippen LogP contribution in [-0.4, -0.2) is 21.3 Å². The van der Waals surface area contributed by atoms with E-state index >= 15 is 0 Å². The zero-order valence-corrected chi connectivity index (χ0v) is 11.9. The van der Waals surface area contributed by atoms with Gasteiger partial charge in [0.2, 0.25) is 0 Å². The lowest BCUT2D eigenvalue weighted by Gasteiger charge is -2.11. The highest BCUT2D eigenvalue weighted by Gasteiger charge is 2.19. The van der Waals surface area contributed by atoms with Gasteiger partial charge in [-0.1, -0.05) is 6.07 Å². The second-order valence-corrected chi connectivity index (χ2v) is 4.82. The SMILES string of the molecule is Cc1cc(C)cc(Oc2nnc(C)c(C)c2C(=O)O)c1. The van der Waals surface area contributed by atoms with Crippen LogP contribution in [0.25, 0.3) is 0 Å². The molecule has 0 saturated heterocycles. The summed E-state index contributed by atoms with van der Waals surface area (Å²) in [5, 5.41) is 17.1. The van der Waals surface area contributed by atoms with Crippen molar-refractivity contribution in [1.82, 2.24) is 10.2 Å². The van der Waals surface area contributed by atoms with Gasteiger partial charge in [0.25, 0.3) is 5.88 Å². The third kappa shape index (κ3) is 2.77. The molecule has 1 N–H and O–H groups in total. The first-order valence-corrected chi connectivity index (χ1v) is 6.22. The Hall–Kier alpha value is -2.43. The highest BCUT2D eigenvalue weighted by Crippen LogP contribution is 2.27. The van der Waals surface area contributed by atoms with Crippen molar-refractivity contribution in [2.24, 2.45) is 0 Å². The molecular weight excluding hydrogens is 256 g/mol. The van der Waals surface area contributed by atoms with E-state index in [1.807, 2.05) is 32.0 Å². The Bertz CT molecular complexity index is 661. The smallest absolute Gasteiger partial charge is 0.341 e. The van der Waals surface area contributed by atoms with E-state index in [9.17, 15) is 9.90 Å². The standard InChI is InChI=1S/C15H16N2O3/c1-8-5-9(2)7-12(6-8)20-14-13(15(18)19)10(3)11(4)16-17-14/h5-7H,1-4H3,(H,18,19). The third-order valence-electron chi connectivity index (χ3n) is 3.05. The topological polar surface area (TPSA) is 72.3 Å². The first-order chi connectivity index (χ1) is 9.38. The predicted octanol–water partition coefficient (Wildman–Crippen LogP) is 3.20. The predicted molar refractivity (Wildman–Crippen MR) is 74.5 cm³/mol. The second-order valence-electron chi connectivity index (χ2n) is 4.82. The summed E-state index contributed by atoms with van der Waals surface area (Å²) in [6, 6.07) is 5.67. The Morgan fingerprint density at radius 3 is 2.20 bits per heavy atom. The van der Waals surface area contributed by atoms with Crippen molar-refractivity contribution < 1.29 is 14.6 Å². The molecule has 0 aliphatic rings. The number of benzene rings is 1. The summed E-state index contributed by atoms with van der Waals surface area (Å²) in [5.41, 5.74) is 3.26. The fourth-order valence-corrected chi connectivity index (χ4v) is 2.01. The minimum atomic E-state index is -1.07. The molecule has 0 amide bonds. The van der Waals surface area contributed by atoms with Gasteiger partial charge in [-0.2, -0.15) is 5.10 Å². The first kappa shape index (κ1) is 14.0. The van der Waals surface area contributed by atoms with E-state index < -0.39 is 5.97 Å². The molecule has 5 nitrogen and oxygen atoms in total. The molecule has 0 radical (unpaired) electrons. The lowest BCUT2D eigenvalue weighted by atomic mass is 10.1. The number of carboxylic acids is 1. The first-order valence-electron chi connectivity index (χ1n) is 6.22. The Kier molecular flexibility index (Phi) is 3.70. The maximum absolute atomic E-state index is 11.4. The summed E-state index contributed by atoms with van der Waals surface area (Å²) < 4.78 is 5.61. The van der Waals surface area contributed by atoms with Crippen molar-refractivity contribution in [3.8, 4) is 11.6 Å². The lowest BCUT2D eigenvalue weighted by Crippen LogP contribution is -2.08. The van der Waals surface area contributed by atoms with Gasteiger partial charge >= 0.3 is 5.97 Å². The molecule has 0 atom stereocenters. The van der Waals surface area contributed by atoms with Crippen molar-refractivity contribution in [2.45, 2.75) is 27.7 Å². The van der Waals surface area contributed by atoms with E-state index in [4.69, 9.17) is 4.74 Å². The van der Waals surface area contributed by atoms with Crippen molar-refractivity contribution in [3.63, 3.8) is 0 Å². The Morgan fingerprint density at radius 2 is 1.65 bits per heavy atom. The molecule has 5 heteroatoms. The van der Waals surface area contributed by atoms with Crippen LogP contribution in [0.4, 0.5) is 0 Å². The number of hydrogen-bond acceptors (Lipinski definition) is 4. The molecule has 2 aromatic rings. The van der Waals surface area contributed by atoms with E-state index in [2.05, 4.69) is 10.2 Å². The van der Waals surface area contributed by atoms with Crippen LogP contribution in [0.3, 0.4) is 0 Å². The van der Waals surface area contributed by atoms with Crippen LogP contribution in [0.5, 0.6) is 11.6 Å². The number of hydrogen-bond donors (Lipinski definition) is 1. The minimum absolute atomic E-state index is 0.0191. The molecule has 0 aliphatic heterocycles. The quantitative estimate of drug-likeness (QED) is 0.928. The van der Waals surface area contributed by atoms with Gasteiger partial charge in [0.15, 0.2) is 0 Å². The van der Waals surface area contributed by atoms with Crippen LogP contribution >= 0.6 is 0 Å². The van der Waals surface area contributed by atoms with Gasteiger partial charge in [-0.05, 0) is 56.5 Å². The summed E-state index contributed by atoms with van der Waals surface area (Å²) in [7, 11) is 0. The van der Waals surface area contributed by atoms with Crippen LogP contribution in [0, 0.1) is 27.7 Å². The Morgan fingerprint density at radius 1 is 1.05 bits per heavy atom. The fraction of sp³-hybridized carbons (Fsp3) is 0.267. The number of rotatable bonds is 3. The average molecular weight is 272 g/mol. The molecule has 1 heterocycles. The Labute approximate surface area is 117 Å². The molecule has 20 heavy (non-hydrogen) atoms. The van der Waals surface area contributed by atoms with Gasteiger partial charge in [-0.25, -0.2) is 4.79 Å². The molecule has 1 aromatic heterocycles. The zero-order chi connectivity index (χ0) is 14.9. The summed E-state index contributed by atoms with van der Waals surface area (Å²) in [4.78, 5) is 11.4. The summed E-state index contributed by atoms with van der Waals surface area (Å²) in [5.74, 6) is -0.493. The van der Waals surface area contributed by atoms with Gasteiger partial charge in [0.05, 0.1) is 5.69 Å². The highest BCUT2D eigenvalue weighted by atomic mass is 16.5. The van der Waals surface area contributed by atoms with Gasteiger partial charge in [0, 0.05) is 0 Å². The van der Waals surface area contributed by atoms with Crippen LogP contribution in [0.2, 0.25) is 0 Å². The van der Waals surface area contributed by atoms with Gasteiger partial charge in [-0.3, -0.25) is 0 Å². The lowest BCUT2D eigenvalue weighted by molar-refractivity contribution is 0.0692. The molecule has 0 bridgehead atoms. The molecule has 0 saturated carbocycles. The van der Waals surface area contributed by atoms with Crippen LogP contribution in [0.1, 0.15) is 32.7 Å². The number of aryl methyl sites for hydroxylation is 3. The van der Waals surface area contributed by atoms with E-state index in [1.165, 1.54) is 0 Å². The molecule has 0 unspecified atom stereocenters. The normalized spacial score (nSPS) is 10.4. The summed E-state index contributed by atoms with van der Waals surface area (Å²) in [6.45, 7) is 7.31. The number of ether oxygens (including phenoxy) is 1. The summed E-state index contributed by atoms with van der Waals surface area (Å²) in [6.07, 6.45) is 0. The molecule has 104 valence electrons. The number of carbonyl (C=O) groups is 1. The van der Waals surface area contributed by atoms with Crippen LogP contribution < -0.4 is 4.74 Å². The largest absolute Gasteiger partial charge is 0.477 e. The third-order valence-corrected chi connectivity index (χ3v) is 3.05. The number of carboxylic acid groups (broad SMARTS) is 1. The van der Waals surface area contributed by atoms with Gasteiger partial charge in [0.1, 0.15) is 11.3 Å². The number of nitrogens with zero attached hydrogens (tertiary/aromatic N) is 2. The maximum Gasteiger partial charge on any atom is 0.341 e. The van der Waals surface area contributed by atoms with Gasteiger partial charge < -0.3 is 9.84 Å². The maximum atomic E-state index is 11.4. The summed E-state index contributed by atoms with van der Waals surface area (Å²) >= 11 is 0. The van der Waals surface area contributed by atoms with Crippen molar-refractivity contribution in [3.05, 3.63) is 46.1 Å². The van der Waals surface area contributed by atoms with E-state index in [0.717, 1.165) is 11.1 Å². The highest BCUT2D eigenvalue weighted by molar-refractivity contribution is 5.92. The number of aromatic carboxylic acids is 1. The fourth-order valence-electron chi connectivity index (χ4n) is 2.01. The minimum Gasteiger partial charge on any atom is -0.477 e. The molecule has 0 aliphatic carbocycles. The van der Waals surface area contributed by atoms with Crippen LogP contribution in [-0.2, 0) is 0 Å². The second kappa shape index (κ2) is 5.28. The van der Waals surface area contributed by atoms with E-state index in [0.29, 0.717) is 17.0 Å².